The van der Waals surface area contributed by atoms with Crippen molar-refractivity contribution in [3.8, 4) is 0 Å². The van der Waals surface area contributed by atoms with Crippen LogP contribution in [0.3, 0.4) is 0 Å². The lowest BCUT2D eigenvalue weighted by Crippen LogP contribution is -2.56. The van der Waals surface area contributed by atoms with Gasteiger partial charge in [-0.25, -0.2) is 0 Å². The van der Waals surface area contributed by atoms with Crippen molar-refractivity contribution in [3.05, 3.63) is 0 Å². The molecule has 70 valence electrons. The van der Waals surface area contributed by atoms with Gasteiger partial charge in [-0.05, 0) is 0 Å². The fourth-order valence-electron chi connectivity index (χ4n) is 0.718. The van der Waals surface area contributed by atoms with Gasteiger partial charge in [-0.1, -0.05) is 0 Å². The highest BCUT2D eigenvalue weighted by atomic mass is 16.7. The van der Waals surface area contributed by atoms with Crippen LogP contribution < -0.4 is 0 Å². The largest absolute Gasteiger partial charge is 0.391 e. The Hall–Kier alpha value is -0.530. The molecule has 2 unspecified atom stereocenters. The highest BCUT2D eigenvalue weighted by molar-refractivity contribution is 5.59. The zero-order valence-corrected chi connectivity index (χ0v) is 6.27. The number of ether oxygens (including phenoxy) is 2. The molecule has 0 amide bonds. The molecule has 0 aromatic heterocycles. The second-order valence-corrected chi connectivity index (χ2v) is 2.64. The summed E-state index contributed by atoms with van der Waals surface area (Å²) in [5.74, 6) is -3.81. The van der Waals surface area contributed by atoms with Gasteiger partial charge in [-0.15, -0.1) is 0 Å². The second kappa shape index (κ2) is 3.08. The number of carbonyl (C=O) groups excluding carboxylic acids is 1. The summed E-state index contributed by atoms with van der Waals surface area (Å²) < 4.78 is 9.19. The molecule has 1 aliphatic heterocycles. The zero-order valence-electron chi connectivity index (χ0n) is 6.27. The van der Waals surface area contributed by atoms with Gasteiger partial charge in [-0.3, -0.25) is 4.79 Å². The quantitative estimate of drug-likeness (QED) is 0.408. The minimum atomic E-state index is -2.00. The Kier molecular flexibility index (Phi) is 2.45. The van der Waals surface area contributed by atoms with E-state index in [0.717, 1.165) is 0 Å². The molecule has 6 heteroatoms. The molecule has 0 saturated carbocycles. The van der Waals surface area contributed by atoms with Gasteiger partial charge in [-0.2, -0.15) is 0 Å². The smallest absolute Gasteiger partial charge is 0.247 e. The van der Waals surface area contributed by atoms with E-state index in [1.807, 2.05) is 0 Å². The third-order valence-corrected chi connectivity index (χ3v) is 1.53. The summed E-state index contributed by atoms with van der Waals surface area (Å²) in [5, 5.41) is 26.9. The molecule has 0 radical (unpaired) electrons. The molecular weight excluding hydrogens is 168 g/mol. The van der Waals surface area contributed by atoms with Gasteiger partial charge in [0.15, 0.2) is 6.29 Å². The van der Waals surface area contributed by atoms with Crippen LogP contribution >= 0.6 is 0 Å². The Balaban J connectivity index is 2.55. The number of hydrogen-bond acceptors (Lipinski definition) is 6. The van der Waals surface area contributed by atoms with Crippen LogP contribution in [0.2, 0.25) is 0 Å². The molecule has 1 rings (SSSR count). The average molecular weight is 178 g/mol. The van der Waals surface area contributed by atoms with Gasteiger partial charge in [0.25, 0.3) is 0 Å². The minimum absolute atomic E-state index is 0.171. The summed E-state index contributed by atoms with van der Waals surface area (Å²) in [6.45, 7) is -1.59. The lowest BCUT2D eigenvalue weighted by Gasteiger charge is -2.36. The van der Waals surface area contributed by atoms with Gasteiger partial charge in [0.2, 0.25) is 11.6 Å². The molecule has 1 saturated heterocycles. The average Bonchev–Trinajstić information content (AvgIpc) is 2.11. The molecule has 12 heavy (non-hydrogen) atoms. The Labute approximate surface area is 68.3 Å². The van der Waals surface area contributed by atoms with Crippen LogP contribution in [0, 0.1) is 0 Å². The molecule has 1 fully saturated rings. The summed E-state index contributed by atoms with van der Waals surface area (Å²) in [4.78, 5) is 10.2. The maximum absolute atomic E-state index is 10.2. The van der Waals surface area contributed by atoms with E-state index in [2.05, 4.69) is 9.47 Å². The predicted octanol–water partition coefficient (Wildman–Crippen LogP) is -2.40. The van der Waals surface area contributed by atoms with Gasteiger partial charge >= 0.3 is 0 Å². The lowest BCUT2D eigenvalue weighted by molar-refractivity contribution is -0.354. The summed E-state index contributed by atoms with van der Waals surface area (Å²) in [5.41, 5.74) is 0. The first-order valence-corrected chi connectivity index (χ1v) is 3.33. The standard InChI is InChI=1S/C6H10O6/c7-1-5(9)3-12-6(10,2-8)4-11-5/h1,8-10H,2-4H2. The summed E-state index contributed by atoms with van der Waals surface area (Å²) in [7, 11) is 0. The van der Waals surface area contributed by atoms with Crippen molar-refractivity contribution in [1.29, 1.82) is 0 Å². The first kappa shape index (κ1) is 9.56. The molecule has 1 aliphatic rings. The van der Waals surface area contributed by atoms with Crippen LogP contribution in [0.5, 0.6) is 0 Å². The third kappa shape index (κ3) is 1.79. The highest BCUT2D eigenvalue weighted by Gasteiger charge is 2.42. The van der Waals surface area contributed by atoms with E-state index < -0.39 is 31.4 Å². The fraction of sp³-hybridized carbons (Fsp3) is 0.833. The number of carbonyl (C=O) groups is 1. The molecule has 3 N–H and O–H groups in total. The van der Waals surface area contributed by atoms with Crippen LogP contribution in [0.25, 0.3) is 0 Å². The maximum Gasteiger partial charge on any atom is 0.247 e. The molecule has 0 aliphatic carbocycles. The van der Waals surface area contributed by atoms with E-state index in [1.54, 1.807) is 0 Å². The van der Waals surface area contributed by atoms with Crippen LogP contribution in [0.1, 0.15) is 0 Å². The normalized spacial score (nSPS) is 42.6. The molecule has 0 bridgehead atoms. The molecular formula is C6H10O6. The van der Waals surface area contributed by atoms with Crippen LogP contribution in [-0.2, 0) is 14.3 Å². The van der Waals surface area contributed by atoms with Gasteiger partial charge in [0, 0.05) is 0 Å². The van der Waals surface area contributed by atoms with Gasteiger partial charge in [0.1, 0.15) is 13.2 Å². The van der Waals surface area contributed by atoms with Crippen LogP contribution in [-0.4, -0.2) is 53.0 Å². The Bertz CT molecular complexity index is 171. The van der Waals surface area contributed by atoms with Crippen molar-refractivity contribution in [3.63, 3.8) is 0 Å². The molecule has 6 nitrogen and oxygen atoms in total. The number of hydrogen-bond donors (Lipinski definition) is 3. The minimum Gasteiger partial charge on any atom is -0.391 e. The van der Waals surface area contributed by atoms with E-state index in [-0.39, 0.29) is 6.29 Å². The maximum atomic E-state index is 10.2. The van der Waals surface area contributed by atoms with E-state index >= 15 is 0 Å². The molecule has 0 spiro atoms. The Morgan fingerprint density at radius 1 is 1.33 bits per heavy atom. The molecule has 0 aromatic rings. The number of aliphatic hydroxyl groups excluding tert-OH is 1. The number of rotatable bonds is 2. The Morgan fingerprint density at radius 3 is 2.33 bits per heavy atom. The summed E-state index contributed by atoms with van der Waals surface area (Å²) >= 11 is 0. The van der Waals surface area contributed by atoms with Crippen molar-refractivity contribution in [2.24, 2.45) is 0 Å². The summed E-state index contributed by atoms with van der Waals surface area (Å²) in [6.07, 6.45) is 0.171. The number of aldehydes is 1. The van der Waals surface area contributed by atoms with Crippen molar-refractivity contribution < 1.29 is 29.6 Å². The lowest BCUT2D eigenvalue weighted by atomic mass is 10.2. The van der Waals surface area contributed by atoms with E-state index in [0.29, 0.717) is 0 Å². The van der Waals surface area contributed by atoms with Crippen molar-refractivity contribution in [1.82, 2.24) is 0 Å². The summed E-state index contributed by atoms with van der Waals surface area (Å²) in [6, 6.07) is 0. The molecule has 1 heterocycles. The molecule has 2 atom stereocenters. The third-order valence-electron chi connectivity index (χ3n) is 1.53. The Morgan fingerprint density at radius 2 is 2.00 bits per heavy atom. The van der Waals surface area contributed by atoms with Crippen molar-refractivity contribution in [2.75, 3.05) is 19.8 Å². The first-order valence-electron chi connectivity index (χ1n) is 3.33. The van der Waals surface area contributed by atoms with Crippen LogP contribution in [0.15, 0.2) is 0 Å². The van der Waals surface area contributed by atoms with Crippen LogP contribution in [0.4, 0.5) is 0 Å². The predicted molar refractivity (Wildman–Crippen MR) is 35.0 cm³/mol. The SMILES string of the molecule is O=CC1(O)COC(O)(CO)CO1. The van der Waals surface area contributed by atoms with E-state index in [9.17, 15) is 9.90 Å². The topological polar surface area (TPSA) is 96.2 Å². The second-order valence-electron chi connectivity index (χ2n) is 2.64. The van der Waals surface area contributed by atoms with Gasteiger partial charge < -0.3 is 24.8 Å². The molecule has 0 aromatic carbocycles. The fourth-order valence-corrected chi connectivity index (χ4v) is 0.718. The monoisotopic (exact) mass is 178 g/mol. The zero-order chi connectivity index (χ0) is 9.24. The number of aliphatic hydroxyl groups is 3. The van der Waals surface area contributed by atoms with E-state index in [1.165, 1.54) is 0 Å². The van der Waals surface area contributed by atoms with E-state index in [4.69, 9.17) is 10.2 Å². The highest BCUT2D eigenvalue weighted by Crippen LogP contribution is 2.19. The van der Waals surface area contributed by atoms with Crippen molar-refractivity contribution >= 4 is 6.29 Å². The van der Waals surface area contributed by atoms with Gasteiger partial charge in [0.05, 0.1) is 6.61 Å². The first-order chi connectivity index (χ1) is 5.54. The van der Waals surface area contributed by atoms with Crippen molar-refractivity contribution in [2.45, 2.75) is 11.6 Å².